The Kier molecular flexibility index (Phi) is 3.77. The van der Waals surface area contributed by atoms with Crippen LogP contribution in [0, 0.1) is 10.1 Å². The summed E-state index contributed by atoms with van der Waals surface area (Å²) in [7, 11) is 0. The number of aromatic nitrogens is 3. The molecule has 0 aliphatic carbocycles. The molecule has 0 spiro atoms. The van der Waals surface area contributed by atoms with E-state index >= 15 is 0 Å². The maximum atomic E-state index is 11.5. The minimum atomic E-state index is -0.634. The van der Waals surface area contributed by atoms with E-state index in [4.69, 9.17) is 23.2 Å². The predicted octanol–water partition coefficient (Wildman–Crippen LogP) is 1.90. The first-order valence-corrected chi connectivity index (χ1v) is 5.74. The summed E-state index contributed by atoms with van der Waals surface area (Å²) >= 11 is 11.6. The minimum Gasteiger partial charge on any atom is -0.288 e. The molecule has 2 heterocycles. The molecule has 0 fully saturated rings. The summed E-state index contributed by atoms with van der Waals surface area (Å²) in [5, 5.41) is 11.2. The molecule has 0 saturated carbocycles. The van der Waals surface area contributed by atoms with Crippen molar-refractivity contribution in [3.8, 4) is 0 Å². The average molecular weight is 301 g/mol. The van der Waals surface area contributed by atoms with Crippen LogP contribution in [0.25, 0.3) is 0 Å². The van der Waals surface area contributed by atoms with E-state index in [0.717, 1.165) is 17.0 Å². The van der Waals surface area contributed by atoms with Crippen molar-refractivity contribution in [3.05, 3.63) is 61.0 Å². The summed E-state index contributed by atoms with van der Waals surface area (Å²) in [6.45, 7) is 0.0243. The average Bonchev–Trinajstić information content (AvgIpc) is 2.34. The number of nitrogens with zero attached hydrogens (tertiary/aromatic N) is 4. The van der Waals surface area contributed by atoms with Crippen LogP contribution in [0.3, 0.4) is 0 Å². The summed E-state index contributed by atoms with van der Waals surface area (Å²) < 4.78 is 1.08. The van der Waals surface area contributed by atoms with Crippen molar-refractivity contribution in [1.29, 1.82) is 0 Å². The maximum Gasteiger partial charge on any atom is 0.348 e. The van der Waals surface area contributed by atoms with Gasteiger partial charge in [-0.3, -0.25) is 14.7 Å². The number of hydrogen-bond acceptors (Lipinski definition) is 5. The van der Waals surface area contributed by atoms with Crippen molar-refractivity contribution >= 4 is 28.9 Å². The van der Waals surface area contributed by atoms with Crippen LogP contribution in [0.4, 0.5) is 5.69 Å². The zero-order chi connectivity index (χ0) is 14.0. The van der Waals surface area contributed by atoms with Crippen LogP contribution in [0.15, 0.2) is 29.5 Å². The molecule has 0 aromatic carbocycles. The molecule has 2 rings (SSSR count). The van der Waals surface area contributed by atoms with Crippen LogP contribution in [-0.4, -0.2) is 19.5 Å². The molecule has 0 saturated heterocycles. The molecule has 9 heteroatoms. The summed E-state index contributed by atoms with van der Waals surface area (Å²) in [6, 6.07) is 1.42. The minimum absolute atomic E-state index is 0.0243. The van der Waals surface area contributed by atoms with Crippen molar-refractivity contribution in [3.63, 3.8) is 0 Å². The Labute approximate surface area is 116 Å². The van der Waals surface area contributed by atoms with Crippen molar-refractivity contribution in [2.45, 2.75) is 6.54 Å². The lowest BCUT2D eigenvalue weighted by Crippen LogP contribution is -2.23. The van der Waals surface area contributed by atoms with Gasteiger partial charge in [-0.15, -0.1) is 0 Å². The summed E-state index contributed by atoms with van der Waals surface area (Å²) in [5.41, 5.74) is -0.385. The van der Waals surface area contributed by atoms with E-state index in [1.54, 1.807) is 0 Å². The smallest absolute Gasteiger partial charge is 0.288 e. The lowest BCUT2D eigenvalue weighted by Gasteiger charge is -2.06. The van der Waals surface area contributed by atoms with Crippen molar-refractivity contribution < 1.29 is 4.92 Å². The van der Waals surface area contributed by atoms with Crippen LogP contribution in [0.5, 0.6) is 0 Å². The van der Waals surface area contributed by atoms with Gasteiger partial charge in [0.05, 0.1) is 22.7 Å². The van der Waals surface area contributed by atoms with Crippen molar-refractivity contribution in [2.24, 2.45) is 0 Å². The van der Waals surface area contributed by atoms with Crippen LogP contribution in [-0.2, 0) is 6.54 Å². The van der Waals surface area contributed by atoms with Gasteiger partial charge in [0.1, 0.15) is 11.3 Å². The molecule has 0 aliphatic rings. The first kappa shape index (κ1) is 13.4. The highest BCUT2D eigenvalue weighted by Gasteiger charge is 2.11. The molecule has 2 aromatic rings. The van der Waals surface area contributed by atoms with Gasteiger partial charge >= 0.3 is 11.4 Å². The second-order valence-electron chi connectivity index (χ2n) is 3.58. The van der Waals surface area contributed by atoms with E-state index in [1.807, 2.05) is 0 Å². The standard InChI is InChI=1S/C10H6Cl2N4O3/c11-8-1-9(12)13-2-6(8)4-15-5-7(16(18)19)3-14-10(15)17/h1-3,5H,4H2. The molecule has 0 amide bonds. The Morgan fingerprint density at radius 2 is 2.05 bits per heavy atom. The van der Waals surface area contributed by atoms with Gasteiger partial charge in [-0.2, -0.15) is 4.98 Å². The van der Waals surface area contributed by atoms with Crippen LogP contribution in [0.2, 0.25) is 10.2 Å². The fraction of sp³-hybridized carbons (Fsp3) is 0.100. The van der Waals surface area contributed by atoms with E-state index in [2.05, 4.69) is 9.97 Å². The molecule has 0 aliphatic heterocycles. The second-order valence-corrected chi connectivity index (χ2v) is 4.37. The van der Waals surface area contributed by atoms with Gasteiger partial charge in [0.15, 0.2) is 0 Å². The monoisotopic (exact) mass is 300 g/mol. The molecule has 2 aromatic heterocycles. The highest BCUT2D eigenvalue weighted by atomic mass is 35.5. The molecule has 0 bridgehead atoms. The third-order valence-corrected chi connectivity index (χ3v) is 2.85. The van der Waals surface area contributed by atoms with Crippen LogP contribution >= 0.6 is 23.2 Å². The number of hydrogen-bond donors (Lipinski definition) is 0. The molecule has 0 unspecified atom stereocenters. The highest BCUT2D eigenvalue weighted by Crippen LogP contribution is 2.19. The number of rotatable bonds is 3. The van der Waals surface area contributed by atoms with Crippen LogP contribution < -0.4 is 5.69 Å². The summed E-state index contributed by atoms with van der Waals surface area (Å²) in [4.78, 5) is 28.8. The Balaban J connectivity index is 2.40. The van der Waals surface area contributed by atoms with Crippen molar-refractivity contribution in [2.75, 3.05) is 0 Å². The molecular weight excluding hydrogens is 295 g/mol. The SMILES string of the molecule is O=c1ncc([N+](=O)[O-])cn1Cc1cnc(Cl)cc1Cl. The third kappa shape index (κ3) is 3.07. The second kappa shape index (κ2) is 5.33. The van der Waals surface area contributed by atoms with E-state index < -0.39 is 10.6 Å². The Hall–Kier alpha value is -1.99. The Morgan fingerprint density at radius 1 is 1.32 bits per heavy atom. The predicted molar refractivity (Wildman–Crippen MR) is 68.5 cm³/mol. The molecule has 0 N–H and O–H groups in total. The number of pyridine rings is 1. The topological polar surface area (TPSA) is 90.9 Å². The van der Waals surface area contributed by atoms with Gasteiger partial charge in [0, 0.05) is 11.8 Å². The summed E-state index contributed by atoms with van der Waals surface area (Å²) in [6.07, 6.45) is 3.40. The largest absolute Gasteiger partial charge is 0.348 e. The van der Waals surface area contributed by atoms with E-state index in [0.29, 0.717) is 10.6 Å². The first-order valence-electron chi connectivity index (χ1n) is 4.98. The Bertz CT molecular complexity index is 701. The van der Waals surface area contributed by atoms with Crippen molar-refractivity contribution in [1.82, 2.24) is 14.5 Å². The van der Waals surface area contributed by atoms with Gasteiger partial charge in [-0.1, -0.05) is 23.2 Å². The molecule has 7 nitrogen and oxygen atoms in total. The first-order chi connectivity index (χ1) is 8.97. The quantitative estimate of drug-likeness (QED) is 0.490. The van der Waals surface area contributed by atoms with Gasteiger partial charge in [-0.05, 0) is 6.07 Å². The number of nitro groups is 1. The third-order valence-electron chi connectivity index (χ3n) is 2.29. The van der Waals surface area contributed by atoms with Gasteiger partial charge in [-0.25, -0.2) is 9.78 Å². The van der Waals surface area contributed by atoms with Gasteiger partial charge in [0.2, 0.25) is 0 Å². The zero-order valence-electron chi connectivity index (χ0n) is 9.29. The lowest BCUT2D eigenvalue weighted by atomic mass is 10.3. The molecular formula is C10H6Cl2N4O3. The van der Waals surface area contributed by atoms with Gasteiger partial charge < -0.3 is 0 Å². The fourth-order valence-corrected chi connectivity index (χ4v) is 1.81. The van der Waals surface area contributed by atoms with Crippen LogP contribution in [0.1, 0.15) is 5.56 Å². The normalized spacial score (nSPS) is 10.4. The summed E-state index contributed by atoms with van der Waals surface area (Å²) in [5.74, 6) is 0. The zero-order valence-corrected chi connectivity index (χ0v) is 10.8. The fourth-order valence-electron chi connectivity index (χ4n) is 1.39. The van der Waals surface area contributed by atoms with Gasteiger partial charge in [0.25, 0.3) is 0 Å². The molecule has 19 heavy (non-hydrogen) atoms. The maximum absolute atomic E-state index is 11.5. The Morgan fingerprint density at radius 3 is 2.68 bits per heavy atom. The van der Waals surface area contributed by atoms with E-state index in [9.17, 15) is 14.9 Å². The van der Waals surface area contributed by atoms with E-state index in [1.165, 1.54) is 12.3 Å². The molecule has 0 atom stereocenters. The van der Waals surface area contributed by atoms with E-state index in [-0.39, 0.29) is 17.4 Å². The molecule has 98 valence electrons. The number of halogens is 2. The molecule has 0 radical (unpaired) electrons. The highest BCUT2D eigenvalue weighted by molar-refractivity contribution is 6.34. The lowest BCUT2D eigenvalue weighted by molar-refractivity contribution is -0.385.